The second-order valence-electron chi connectivity index (χ2n) is 7.99. The van der Waals surface area contributed by atoms with Crippen LogP contribution < -0.4 is 5.73 Å². The molecule has 162 valence electrons. The lowest BCUT2D eigenvalue weighted by Crippen LogP contribution is -2.30. The summed E-state index contributed by atoms with van der Waals surface area (Å²) in [6.45, 7) is 5.91. The highest BCUT2D eigenvalue weighted by Crippen LogP contribution is 2.31. The van der Waals surface area contributed by atoms with Gasteiger partial charge in [0.2, 0.25) is 0 Å². The summed E-state index contributed by atoms with van der Waals surface area (Å²) < 4.78 is 0. The van der Waals surface area contributed by atoms with E-state index in [1.807, 2.05) is 55.5 Å². The summed E-state index contributed by atoms with van der Waals surface area (Å²) in [5, 5.41) is 8.58. The van der Waals surface area contributed by atoms with Crippen molar-refractivity contribution in [1.82, 2.24) is 0 Å². The van der Waals surface area contributed by atoms with Gasteiger partial charge in [-0.2, -0.15) is 0 Å². The van der Waals surface area contributed by atoms with Gasteiger partial charge in [0.05, 0.1) is 11.8 Å². The van der Waals surface area contributed by atoms with Gasteiger partial charge >= 0.3 is 0 Å². The Kier molecular flexibility index (Phi) is 6.77. The van der Waals surface area contributed by atoms with Crippen LogP contribution in [0.15, 0.2) is 122 Å². The average Bonchev–Trinajstić information content (AvgIpc) is 2.87. The van der Waals surface area contributed by atoms with Gasteiger partial charge in [-0.3, -0.25) is 0 Å². The molecule has 1 aliphatic rings. The molecular formula is C31H28N2. The fourth-order valence-corrected chi connectivity index (χ4v) is 3.97. The molecule has 0 amide bonds. The molecule has 0 aromatic heterocycles. The molecule has 0 bridgehead atoms. The SMILES string of the molecule is C=C/C(=C\C=C/C)c1ccc(C2=CC(c3ccc(-c4ccccc4)cc3)=CC(N)C2=N)cc1. The van der Waals surface area contributed by atoms with Crippen LogP contribution in [0.3, 0.4) is 0 Å². The predicted molar refractivity (Wildman–Crippen MR) is 143 cm³/mol. The molecule has 0 saturated carbocycles. The maximum Gasteiger partial charge on any atom is 0.0664 e. The van der Waals surface area contributed by atoms with Crippen LogP contribution >= 0.6 is 0 Å². The molecule has 0 aliphatic heterocycles. The minimum absolute atomic E-state index is 0.431. The van der Waals surface area contributed by atoms with Gasteiger partial charge < -0.3 is 11.1 Å². The molecule has 0 saturated heterocycles. The molecular weight excluding hydrogens is 400 g/mol. The van der Waals surface area contributed by atoms with Crippen LogP contribution in [0.5, 0.6) is 0 Å². The smallest absolute Gasteiger partial charge is 0.0664 e. The summed E-state index contributed by atoms with van der Waals surface area (Å²) in [5.74, 6) is 0. The van der Waals surface area contributed by atoms with Crippen molar-refractivity contribution in [2.45, 2.75) is 13.0 Å². The summed E-state index contributed by atoms with van der Waals surface area (Å²) in [6, 6.07) is 26.6. The second-order valence-corrected chi connectivity index (χ2v) is 7.99. The normalized spacial score (nSPS) is 16.5. The predicted octanol–water partition coefficient (Wildman–Crippen LogP) is 7.33. The highest BCUT2D eigenvalue weighted by Gasteiger charge is 2.20. The molecule has 2 nitrogen and oxygen atoms in total. The van der Waals surface area contributed by atoms with Gasteiger partial charge in [0, 0.05) is 5.57 Å². The third-order valence-corrected chi connectivity index (χ3v) is 5.83. The maximum absolute atomic E-state index is 8.58. The molecule has 0 fully saturated rings. The Hall–Kier alpha value is -4.01. The zero-order valence-corrected chi connectivity index (χ0v) is 18.8. The second kappa shape index (κ2) is 10.1. The summed E-state index contributed by atoms with van der Waals surface area (Å²) >= 11 is 0. The summed E-state index contributed by atoms with van der Waals surface area (Å²) in [5.41, 5.74) is 15.3. The molecule has 3 N–H and O–H groups in total. The molecule has 0 heterocycles. The van der Waals surface area contributed by atoms with E-state index < -0.39 is 6.04 Å². The first-order chi connectivity index (χ1) is 16.1. The zero-order valence-electron chi connectivity index (χ0n) is 18.8. The van der Waals surface area contributed by atoms with Crippen molar-refractivity contribution >= 4 is 22.4 Å². The van der Waals surface area contributed by atoms with Crippen molar-refractivity contribution in [2.24, 2.45) is 5.73 Å². The number of hydrogen-bond donors (Lipinski definition) is 2. The average molecular weight is 429 g/mol. The number of nitrogens with one attached hydrogen (secondary N) is 1. The van der Waals surface area contributed by atoms with Gasteiger partial charge in [0.1, 0.15) is 0 Å². The van der Waals surface area contributed by atoms with Crippen molar-refractivity contribution in [1.29, 1.82) is 5.41 Å². The fraction of sp³-hybridized carbons (Fsp3) is 0.0645. The lowest BCUT2D eigenvalue weighted by atomic mass is 9.86. The number of rotatable bonds is 6. The maximum atomic E-state index is 8.58. The summed E-state index contributed by atoms with van der Waals surface area (Å²) in [6.07, 6.45) is 11.9. The van der Waals surface area contributed by atoms with Gasteiger partial charge in [-0.15, -0.1) is 0 Å². The van der Waals surface area contributed by atoms with Crippen LogP contribution in [0.1, 0.15) is 23.6 Å². The van der Waals surface area contributed by atoms with Crippen LogP contribution in [0.4, 0.5) is 0 Å². The third kappa shape index (κ3) is 4.92. The molecule has 1 aliphatic carbocycles. The van der Waals surface area contributed by atoms with Crippen LogP contribution in [0, 0.1) is 5.41 Å². The Morgan fingerprint density at radius 3 is 2.09 bits per heavy atom. The van der Waals surface area contributed by atoms with E-state index in [1.54, 1.807) is 0 Å². The van der Waals surface area contributed by atoms with E-state index in [9.17, 15) is 0 Å². The van der Waals surface area contributed by atoms with Crippen LogP contribution in [0.25, 0.3) is 27.8 Å². The lowest BCUT2D eigenvalue weighted by Gasteiger charge is -2.21. The van der Waals surface area contributed by atoms with E-state index in [0.29, 0.717) is 5.71 Å². The minimum atomic E-state index is -0.438. The number of hydrogen-bond acceptors (Lipinski definition) is 2. The van der Waals surface area contributed by atoms with E-state index in [2.05, 4.69) is 73.3 Å². The molecule has 3 aromatic rings. The van der Waals surface area contributed by atoms with Crippen LogP contribution in [0.2, 0.25) is 0 Å². The minimum Gasteiger partial charge on any atom is -0.319 e. The van der Waals surface area contributed by atoms with E-state index in [4.69, 9.17) is 11.1 Å². The molecule has 1 atom stereocenters. The Morgan fingerprint density at radius 2 is 1.45 bits per heavy atom. The Morgan fingerprint density at radius 1 is 0.848 bits per heavy atom. The van der Waals surface area contributed by atoms with Crippen molar-refractivity contribution < 1.29 is 0 Å². The molecule has 2 heteroatoms. The quantitative estimate of drug-likeness (QED) is 0.397. The van der Waals surface area contributed by atoms with Gasteiger partial charge in [-0.05, 0) is 52.0 Å². The number of benzene rings is 3. The highest BCUT2D eigenvalue weighted by atomic mass is 14.7. The third-order valence-electron chi connectivity index (χ3n) is 5.83. The molecule has 0 radical (unpaired) electrons. The molecule has 33 heavy (non-hydrogen) atoms. The van der Waals surface area contributed by atoms with Crippen molar-refractivity contribution in [2.75, 3.05) is 0 Å². The lowest BCUT2D eigenvalue weighted by molar-refractivity contribution is 1.07. The van der Waals surface area contributed by atoms with Gasteiger partial charge in [0.25, 0.3) is 0 Å². The topological polar surface area (TPSA) is 49.9 Å². The fourth-order valence-electron chi connectivity index (χ4n) is 3.97. The number of nitrogens with two attached hydrogens (primary N) is 1. The Bertz CT molecular complexity index is 1270. The van der Waals surface area contributed by atoms with Crippen LogP contribution in [-0.4, -0.2) is 11.8 Å². The Labute approximate surface area is 196 Å². The van der Waals surface area contributed by atoms with E-state index in [-0.39, 0.29) is 0 Å². The first-order valence-electron chi connectivity index (χ1n) is 11.1. The molecule has 3 aromatic carbocycles. The zero-order chi connectivity index (χ0) is 23.2. The van der Waals surface area contributed by atoms with Crippen molar-refractivity contribution in [3.63, 3.8) is 0 Å². The Balaban J connectivity index is 1.64. The molecule has 4 rings (SSSR count). The van der Waals surface area contributed by atoms with Crippen LogP contribution in [-0.2, 0) is 0 Å². The van der Waals surface area contributed by atoms with Crippen molar-refractivity contribution in [3.05, 3.63) is 139 Å². The van der Waals surface area contributed by atoms with Crippen molar-refractivity contribution in [3.8, 4) is 11.1 Å². The first kappa shape index (κ1) is 22.2. The monoisotopic (exact) mass is 428 g/mol. The molecule has 0 spiro atoms. The number of allylic oxidation sites excluding steroid dienone is 7. The van der Waals surface area contributed by atoms with E-state index >= 15 is 0 Å². The van der Waals surface area contributed by atoms with Gasteiger partial charge in [-0.1, -0.05) is 116 Å². The standard InChI is InChI=1S/C31H28N2/c1-3-5-9-22(4-2)24-16-18-27(19-17-24)29-20-28(21-30(32)31(29)33)26-14-12-25(13-15-26)23-10-7-6-8-11-23/h3-21,30,33H,2,32H2,1H3/b5-3-,22-9+,33-31?. The largest absolute Gasteiger partial charge is 0.319 e. The summed E-state index contributed by atoms with van der Waals surface area (Å²) in [4.78, 5) is 0. The van der Waals surface area contributed by atoms with Gasteiger partial charge in [-0.25, -0.2) is 0 Å². The van der Waals surface area contributed by atoms with Gasteiger partial charge in [0.15, 0.2) is 0 Å². The van der Waals surface area contributed by atoms with E-state index in [1.165, 1.54) is 11.1 Å². The summed E-state index contributed by atoms with van der Waals surface area (Å²) in [7, 11) is 0. The first-order valence-corrected chi connectivity index (χ1v) is 11.1. The highest BCUT2D eigenvalue weighted by molar-refractivity contribution is 6.29. The molecule has 1 unspecified atom stereocenters. The van der Waals surface area contributed by atoms with E-state index in [0.717, 1.165) is 33.4 Å².